The van der Waals surface area contributed by atoms with Gasteiger partial charge in [-0.2, -0.15) is 0 Å². The molecule has 18 heavy (non-hydrogen) atoms. The van der Waals surface area contributed by atoms with Crippen molar-refractivity contribution >= 4 is 28.1 Å². The molecule has 0 saturated heterocycles. The molecule has 0 spiro atoms. The number of aryl methyl sites for hydroxylation is 2. The van der Waals surface area contributed by atoms with Crippen LogP contribution in [0.5, 0.6) is 0 Å². The Morgan fingerprint density at radius 3 is 2.61 bits per heavy atom. The molecule has 2 N–H and O–H groups in total. The highest BCUT2D eigenvalue weighted by molar-refractivity contribution is 7.15. The Labute approximate surface area is 110 Å². The van der Waals surface area contributed by atoms with E-state index in [0.717, 1.165) is 16.3 Å². The summed E-state index contributed by atoms with van der Waals surface area (Å²) in [7, 11) is 1.80. The van der Waals surface area contributed by atoms with Crippen LogP contribution < -0.4 is 10.6 Å². The molecule has 1 aromatic heterocycles. The van der Waals surface area contributed by atoms with Gasteiger partial charge < -0.3 is 5.32 Å². The zero-order chi connectivity index (χ0) is 13.1. The molecule has 0 atom stereocenters. The summed E-state index contributed by atoms with van der Waals surface area (Å²) in [5.74, 6) is -0.145. The molecule has 2 rings (SSSR count). The van der Waals surface area contributed by atoms with Gasteiger partial charge in [0.2, 0.25) is 0 Å². The Morgan fingerprint density at radius 2 is 2.00 bits per heavy atom. The van der Waals surface area contributed by atoms with Gasteiger partial charge in [0.05, 0.1) is 11.3 Å². The lowest BCUT2D eigenvalue weighted by Gasteiger charge is -2.07. The molecule has 0 bridgehead atoms. The first-order valence-corrected chi connectivity index (χ1v) is 6.45. The maximum Gasteiger partial charge on any atom is 0.259 e. The maximum absolute atomic E-state index is 12.1. The smallest absolute Gasteiger partial charge is 0.259 e. The molecule has 1 amide bonds. The molecule has 0 aliphatic heterocycles. The van der Waals surface area contributed by atoms with Crippen molar-refractivity contribution in [3.63, 3.8) is 0 Å². The SMILES string of the molecule is CNc1ccccc1C(=O)Nc1nc(C)c(C)s1. The van der Waals surface area contributed by atoms with Crippen molar-refractivity contribution < 1.29 is 4.79 Å². The third-order valence-corrected chi connectivity index (χ3v) is 3.68. The van der Waals surface area contributed by atoms with Crippen molar-refractivity contribution in [2.24, 2.45) is 0 Å². The van der Waals surface area contributed by atoms with Crippen LogP contribution in [-0.2, 0) is 0 Å². The first-order chi connectivity index (χ1) is 8.61. The quantitative estimate of drug-likeness (QED) is 0.892. The normalized spacial score (nSPS) is 10.2. The van der Waals surface area contributed by atoms with E-state index in [1.54, 1.807) is 13.1 Å². The lowest BCUT2D eigenvalue weighted by atomic mass is 10.1. The topological polar surface area (TPSA) is 54.0 Å². The summed E-state index contributed by atoms with van der Waals surface area (Å²) in [6, 6.07) is 7.39. The van der Waals surface area contributed by atoms with Gasteiger partial charge in [0, 0.05) is 17.6 Å². The van der Waals surface area contributed by atoms with Gasteiger partial charge in [0.1, 0.15) is 0 Å². The minimum absolute atomic E-state index is 0.145. The number of anilines is 2. The van der Waals surface area contributed by atoms with Gasteiger partial charge >= 0.3 is 0 Å². The van der Waals surface area contributed by atoms with Crippen LogP contribution in [0.1, 0.15) is 20.9 Å². The van der Waals surface area contributed by atoms with Crippen LogP contribution in [0.2, 0.25) is 0 Å². The number of hydrogen-bond acceptors (Lipinski definition) is 4. The number of para-hydroxylation sites is 1. The van der Waals surface area contributed by atoms with Gasteiger partial charge in [-0.1, -0.05) is 12.1 Å². The third-order valence-electron chi connectivity index (χ3n) is 2.69. The van der Waals surface area contributed by atoms with Crippen molar-refractivity contribution in [1.82, 2.24) is 4.98 Å². The van der Waals surface area contributed by atoms with Crippen molar-refractivity contribution in [3.05, 3.63) is 40.4 Å². The first-order valence-electron chi connectivity index (χ1n) is 5.64. The highest BCUT2D eigenvalue weighted by Crippen LogP contribution is 2.23. The molecule has 1 aromatic carbocycles. The Kier molecular flexibility index (Phi) is 3.62. The molecule has 0 radical (unpaired) electrons. The van der Waals surface area contributed by atoms with E-state index >= 15 is 0 Å². The van der Waals surface area contributed by atoms with Crippen molar-refractivity contribution in [3.8, 4) is 0 Å². The summed E-state index contributed by atoms with van der Waals surface area (Å²) < 4.78 is 0. The summed E-state index contributed by atoms with van der Waals surface area (Å²) in [6.45, 7) is 3.92. The lowest BCUT2D eigenvalue weighted by molar-refractivity contribution is 0.102. The number of carbonyl (C=O) groups excluding carboxylic acids is 1. The molecule has 0 unspecified atom stereocenters. The molecule has 4 nitrogen and oxygen atoms in total. The lowest BCUT2D eigenvalue weighted by Crippen LogP contribution is -2.13. The zero-order valence-electron chi connectivity index (χ0n) is 10.6. The minimum Gasteiger partial charge on any atom is -0.387 e. The number of carbonyl (C=O) groups is 1. The molecular weight excluding hydrogens is 246 g/mol. The van der Waals surface area contributed by atoms with Crippen molar-refractivity contribution in [2.45, 2.75) is 13.8 Å². The monoisotopic (exact) mass is 261 g/mol. The number of hydrogen-bond donors (Lipinski definition) is 2. The second-order valence-electron chi connectivity index (χ2n) is 3.91. The second kappa shape index (κ2) is 5.18. The Morgan fingerprint density at radius 1 is 1.28 bits per heavy atom. The molecule has 94 valence electrons. The van der Waals surface area contributed by atoms with Crippen LogP contribution >= 0.6 is 11.3 Å². The first kappa shape index (κ1) is 12.6. The van der Waals surface area contributed by atoms with E-state index in [1.165, 1.54) is 11.3 Å². The summed E-state index contributed by atoms with van der Waals surface area (Å²) in [5, 5.41) is 6.46. The highest BCUT2D eigenvalue weighted by Gasteiger charge is 2.12. The van der Waals surface area contributed by atoms with Gasteiger partial charge in [-0.3, -0.25) is 10.1 Å². The fourth-order valence-electron chi connectivity index (χ4n) is 1.59. The summed E-state index contributed by atoms with van der Waals surface area (Å²) >= 11 is 1.49. The van der Waals surface area contributed by atoms with Crippen LogP contribution in [0.15, 0.2) is 24.3 Å². The zero-order valence-corrected chi connectivity index (χ0v) is 11.4. The third kappa shape index (κ3) is 2.51. The largest absolute Gasteiger partial charge is 0.387 e. The number of aromatic nitrogens is 1. The molecular formula is C13H15N3OS. The second-order valence-corrected chi connectivity index (χ2v) is 5.11. The van der Waals surface area contributed by atoms with E-state index < -0.39 is 0 Å². The minimum atomic E-state index is -0.145. The molecule has 0 fully saturated rings. The Hall–Kier alpha value is -1.88. The Balaban J connectivity index is 2.22. The average molecular weight is 261 g/mol. The van der Waals surface area contributed by atoms with E-state index in [2.05, 4.69) is 15.6 Å². The van der Waals surface area contributed by atoms with Crippen LogP contribution in [0, 0.1) is 13.8 Å². The van der Waals surface area contributed by atoms with E-state index in [1.807, 2.05) is 32.0 Å². The maximum atomic E-state index is 12.1. The van der Waals surface area contributed by atoms with Crippen LogP contribution in [0.4, 0.5) is 10.8 Å². The molecule has 5 heteroatoms. The number of rotatable bonds is 3. The predicted octanol–water partition coefficient (Wildman–Crippen LogP) is 3.05. The van der Waals surface area contributed by atoms with Gasteiger partial charge in [0.15, 0.2) is 5.13 Å². The number of nitrogens with zero attached hydrogens (tertiary/aromatic N) is 1. The number of thiazole rings is 1. The molecule has 1 heterocycles. The summed E-state index contributed by atoms with van der Waals surface area (Å²) in [6.07, 6.45) is 0. The van der Waals surface area contributed by atoms with Gasteiger partial charge in [-0.05, 0) is 26.0 Å². The highest BCUT2D eigenvalue weighted by atomic mass is 32.1. The van der Waals surface area contributed by atoms with Gasteiger partial charge in [0.25, 0.3) is 5.91 Å². The van der Waals surface area contributed by atoms with Crippen LogP contribution in [0.3, 0.4) is 0 Å². The van der Waals surface area contributed by atoms with Gasteiger partial charge in [-0.15, -0.1) is 11.3 Å². The van der Waals surface area contributed by atoms with E-state index in [-0.39, 0.29) is 5.91 Å². The number of amides is 1. The average Bonchev–Trinajstić information content (AvgIpc) is 2.68. The van der Waals surface area contributed by atoms with E-state index in [4.69, 9.17) is 0 Å². The van der Waals surface area contributed by atoms with E-state index in [0.29, 0.717) is 10.7 Å². The summed E-state index contributed by atoms with van der Waals surface area (Å²) in [5.41, 5.74) is 2.38. The van der Waals surface area contributed by atoms with Gasteiger partial charge in [-0.25, -0.2) is 4.98 Å². The fourth-order valence-corrected chi connectivity index (χ4v) is 2.40. The predicted molar refractivity (Wildman–Crippen MR) is 75.5 cm³/mol. The molecule has 2 aromatic rings. The van der Waals surface area contributed by atoms with Crippen LogP contribution in [-0.4, -0.2) is 17.9 Å². The number of nitrogens with one attached hydrogen (secondary N) is 2. The van der Waals surface area contributed by atoms with Crippen molar-refractivity contribution in [1.29, 1.82) is 0 Å². The molecule has 0 aliphatic carbocycles. The Bertz CT molecular complexity index is 558. The van der Waals surface area contributed by atoms with Crippen LogP contribution in [0.25, 0.3) is 0 Å². The van der Waals surface area contributed by atoms with E-state index in [9.17, 15) is 4.79 Å². The summed E-state index contributed by atoms with van der Waals surface area (Å²) in [4.78, 5) is 17.5. The number of benzene rings is 1. The molecule has 0 saturated carbocycles. The fraction of sp³-hybridized carbons (Fsp3) is 0.231. The standard InChI is InChI=1S/C13H15N3OS/c1-8-9(2)18-13(15-8)16-12(17)10-6-4-5-7-11(10)14-3/h4-7,14H,1-3H3,(H,15,16,17). The van der Waals surface area contributed by atoms with Crippen molar-refractivity contribution in [2.75, 3.05) is 17.7 Å². The molecule has 0 aliphatic rings.